The molecular weight excluding hydrogens is 200 g/mol. The lowest BCUT2D eigenvalue weighted by Gasteiger charge is -2.20. The van der Waals surface area contributed by atoms with Crippen molar-refractivity contribution in [3.63, 3.8) is 0 Å². The van der Waals surface area contributed by atoms with E-state index >= 15 is 0 Å². The number of aryl methyl sites for hydroxylation is 1. The molecule has 1 heterocycles. The second-order valence-electron chi connectivity index (χ2n) is 3.81. The maximum absolute atomic E-state index is 10.1. The Hall–Kier alpha value is -0.620. The van der Waals surface area contributed by atoms with E-state index in [0.717, 1.165) is 30.8 Å². The van der Waals surface area contributed by atoms with Crippen LogP contribution in [0.4, 0.5) is 0 Å². The van der Waals surface area contributed by atoms with Crippen molar-refractivity contribution < 1.29 is 5.11 Å². The first-order valence-electron chi connectivity index (χ1n) is 4.77. The van der Waals surface area contributed by atoms with Crippen LogP contribution in [-0.2, 0) is 7.05 Å². The summed E-state index contributed by atoms with van der Waals surface area (Å²) >= 11 is 1.53. The van der Waals surface area contributed by atoms with Gasteiger partial charge in [-0.05, 0) is 23.3 Å². The summed E-state index contributed by atoms with van der Waals surface area (Å²) < 4.78 is 1.63. The number of aromatic nitrogens is 4. The summed E-state index contributed by atoms with van der Waals surface area (Å²) in [6.45, 7) is 0. The molecule has 0 atom stereocenters. The van der Waals surface area contributed by atoms with Gasteiger partial charge in [-0.1, -0.05) is 24.6 Å². The van der Waals surface area contributed by atoms with Crippen molar-refractivity contribution in [2.75, 3.05) is 5.75 Å². The summed E-state index contributed by atoms with van der Waals surface area (Å²) in [5, 5.41) is 22.0. The summed E-state index contributed by atoms with van der Waals surface area (Å²) in [7, 11) is 1.81. The van der Waals surface area contributed by atoms with Crippen molar-refractivity contribution >= 4 is 11.8 Å². The van der Waals surface area contributed by atoms with Crippen LogP contribution in [0, 0.1) is 0 Å². The van der Waals surface area contributed by atoms with Gasteiger partial charge < -0.3 is 5.11 Å². The smallest absolute Gasteiger partial charge is 0.209 e. The van der Waals surface area contributed by atoms with Gasteiger partial charge >= 0.3 is 0 Å². The molecule has 0 aromatic carbocycles. The molecular formula is C8H14N4OS. The van der Waals surface area contributed by atoms with Crippen molar-refractivity contribution in [1.29, 1.82) is 0 Å². The van der Waals surface area contributed by atoms with Gasteiger partial charge in [-0.25, -0.2) is 4.68 Å². The molecule has 78 valence electrons. The van der Waals surface area contributed by atoms with E-state index in [0.29, 0.717) is 5.75 Å². The van der Waals surface area contributed by atoms with Gasteiger partial charge in [-0.15, -0.1) is 5.10 Å². The predicted octanol–water partition coefficient (Wildman–Crippen LogP) is 0.607. The summed E-state index contributed by atoms with van der Waals surface area (Å²) in [6.07, 6.45) is 4.08. The summed E-state index contributed by atoms with van der Waals surface area (Å²) in [5.41, 5.74) is -0.489. The van der Waals surface area contributed by atoms with Crippen LogP contribution >= 0.6 is 11.8 Å². The standard InChI is InChI=1S/C8H14N4OS/c1-12-7(9-10-11-12)14-6-8(13)4-2-3-5-8/h13H,2-6H2,1H3. The van der Waals surface area contributed by atoms with E-state index in [1.165, 1.54) is 11.8 Å². The Bertz CT molecular complexity index is 308. The van der Waals surface area contributed by atoms with Crippen molar-refractivity contribution in [2.24, 2.45) is 7.05 Å². The van der Waals surface area contributed by atoms with Gasteiger partial charge in [0, 0.05) is 12.8 Å². The first-order valence-corrected chi connectivity index (χ1v) is 5.76. The van der Waals surface area contributed by atoms with E-state index in [4.69, 9.17) is 0 Å². The molecule has 1 saturated carbocycles. The predicted molar refractivity (Wildman–Crippen MR) is 52.9 cm³/mol. The van der Waals surface area contributed by atoms with E-state index in [-0.39, 0.29) is 0 Å². The molecule has 1 N–H and O–H groups in total. The molecule has 1 aromatic rings. The second kappa shape index (κ2) is 3.86. The van der Waals surface area contributed by atoms with Crippen LogP contribution < -0.4 is 0 Å². The Labute approximate surface area is 86.9 Å². The molecule has 1 aliphatic carbocycles. The lowest BCUT2D eigenvalue weighted by Crippen LogP contribution is -2.27. The average Bonchev–Trinajstić information content (AvgIpc) is 2.73. The number of tetrazole rings is 1. The number of thioether (sulfide) groups is 1. The molecule has 0 spiro atoms. The van der Waals surface area contributed by atoms with Crippen LogP contribution in [0.1, 0.15) is 25.7 Å². The van der Waals surface area contributed by atoms with Gasteiger partial charge in [0.15, 0.2) is 0 Å². The molecule has 0 radical (unpaired) electrons. The highest BCUT2D eigenvalue weighted by Gasteiger charge is 2.31. The summed E-state index contributed by atoms with van der Waals surface area (Å²) in [5.74, 6) is 0.696. The highest BCUT2D eigenvalue weighted by atomic mass is 32.2. The number of rotatable bonds is 3. The monoisotopic (exact) mass is 214 g/mol. The molecule has 0 amide bonds. The highest BCUT2D eigenvalue weighted by Crippen LogP contribution is 2.33. The first kappa shape index (κ1) is 9.92. The minimum absolute atomic E-state index is 0.489. The van der Waals surface area contributed by atoms with Crippen LogP contribution in [0.3, 0.4) is 0 Å². The van der Waals surface area contributed by atoms with E-state index < -0.39 is 5.60 Å². The number of hydrogen-bond acceptors (Lipinski definition) is 5. The average molecular weight is 214 g/mol. The number of hydrogen-bond donors (Lipinski definition) is 1. The maximum atomic E-state index is 10.1. The molecule has 5 nitrogen and oxygen atoms in total. The summed E-state index contributed by atoms with van der Waals surface area (Å²) in [4.78, 5) is 0. The van der Waals surface area contributed by atoms with E-state index in [1.807, 2.05) is 0 Å². The van der Waals surface area contributed by atoms with E-state index in [9.17, 15) is 5.11 Å². The van der Waals surface area contributed by atoms with Crippen LogP contribution in [-0.4, -0.2) is 36.7 Å². The fraction of sp³-hybridized carbons (Fsp3) is 0.875. The number of aliphatic hydroxyl groups is 1. The first-order chi connectivity index (χ1) is 6.70. The number of nitrogens with zero attached hydrogens (tertiary/aromatic N) is 4. The Kier molecular flexibility index (Phi) is 2.73. The van der Waals surface area contributed by atoms with Gasteiger partial charge in [0.05, 0.1) is 5.60 Å². The third-order valence-electron chi connectivity index (χ3n) is 2.59. The molecule has 2 rings (SSSR count). The Morgan fingerprint density at radius 3 is 2.79 bits per heavy atom. The van der Waals surface area contributed by atoms with Crippen LogP contribution in [0.15, 0.2) is 5.16 Å². The zero-order valence-electron chi connectivity index (χ0n) is 8.18. The minimum Gasteiger partial charge on any atom is -0.389 e. The third-order valence-corrected chi connectivity index (χ3v) is 3.87. The van der Waals surface area contributed by atoms with E-state index in [2.05, 4.69) is 15.5 Å². The van der Waals surface area contributed by atoms with Crippen LogP contribution in [0.2, 0.25) is 0 Å². The zero-order chi connectivity index (χ0) is 10.0. The van der Waals surface area contributed by atoms with Crippen molar-refractivity contribution in [3.05, 3.63) is 0 Å². The van der Waals surface area contributed by atoms with Crippen molar-refractivity contribution in [1.82, 2.24) is 20.2 Å². The fourth-order valence-corrected chi connectivity index (χ4v) is 2.72. The Morgan fingerprint density at radius 2 is 2.21 bits per heavy atom. The molecule has 1 aromatic heterocycles. The van der Waals surface area contributed by atoms with Gasteiger partial charge in [0.1, 0.15) is 0 Å². The SMILES string of the molecule is Cn1nnnc1SCC1(O)CCCC1. The Morgan fingerprint density at radius 1 is 1.50 bits per heavy atom. The maximum Gasteiger partial charge on any atom is 0.209 e. The largest absolute Gasteiger partial charge is 0.389 e. The lowest BCUT2D eigenvalue weighted by molar-refractivity contribution is 0.0732. The molecule has 1 fully saturated rings. The Balaban J connectivity index is 1.91. The second-order valence-corrected chi connectivity index (χ2v) is 4.75. The van der Waals surface area contributed by atoms with Crippen LogP contribution in [0.5, 0.6) is 0 Å². The van der Waals surface area contributed by atoms with Crippen molar-refractivity contribution in [2.45, 2.75) is 36.4 Å². The topological polar surface area (TPSA) is 63.8 Å². The molecule has 1 aliphatic rings. The molecule has 0 bridgehead atoms. The minimum atomic E-state index is -0.489. The quantitative estimate of drug-likeness (QED) is 0.747. The van der Waals surface area contributed by atoms with Gasteiger partial charge in [-0.2, -0.15) is 0 Å². The molecule has 0 unspecified atom stereocenters. The molecule has 6 heteroatoms. The van der Waals surface area contributed by atoms with E-state index in [1.54, 1.807) is 11.7 Å². The highest BCUT2D eigenvalue weighted by molar-refractivity contribution is 7.99. The zero-order valence-corrected chi connectivity index (χ0v) is 9.00. The van der Waals surface area contributed by atoms with Gasteiger partial charge in [0.25, 0.3) is 0 Å². The molecule has 14 heavy (non-hydrogen) atoms. The normalized spacial score (nSPS) is 20.1. The van der Waals surface area contributed by atoms with Gasteiger partial charge in [-0.3, -0.25) is 0 Å². The summed E-state index contributed by atoms with van der Waals surface area (Å²) in [6, 6.07) is 0. The van der Waals surface area contributed by atoms with Gasteiger partial charge in [0.2, 0.25) is 5.16 Å². The van der Waals surface area contributed by atoms with Crippen LogP contribution in [0.25, 0.3) is 0 Å². The molecule has 0 saturated heterocycles. The van der Waals surface area contributed by atoms with Crippen molar-refractivity contribution in [3.8, 4) is 0 Å². The molecule has 0 aliphatic heterocycles. The third kappa shape index (κ3) is 2.06. The lowest BCUT2D eigenvalue weighted by atomic mass is 10.1. The fourth-order valence-electron chi connectivity index (χ4n) is 1.72.